The summed E-state index contributed by atoms with van der Waals surface area (Å²) in [6.07, 6.45) is 3.50. The Morgan fingerprint density at radius 1 is 1.44 bits per heavy atom. The minimum atomic E-state index is -0.205. The van der Waals surface area contributed by atoms with Gasteiger partial charge in [-0.15, -0.1) is 0 Å². The van der Waals surface area contributed by atoms with Crippen molar-refractivity contribution in [1.82, 2.24) is 4.90 Å². The molecule has 0 radical (unpaired) electrons. The molecule has 0 spiro atoms. The van der Waals surface area contributed by atoms with Crippen molar-refractivity contribution in [2.75, 3.05) is 19.6 Å². The van der Waals surface area contributed by atoms with Gasteiger partial charge in [-0.2, -0.15) is 0 Å². The van der Waals surface area contributed by atoms with Crippen LogP contribution in [0.2, 0.25) is 5.02 Å². The molecule has 1 fully saturated rings. The normalized spacial score (nSPS) is 21.2. The Hall–Kier alpha value is -0.640. The third-order valence-corrected chi connectivity index (χ3v) is 3.82. The summed E-state index contributed by atoms with van der Waals surface area (Å²) in [6.45, 7) is 3.49. The molecule has 1 aliphatic rings. The summed E-state index contributed by atoms with van der Waals surface area (Å²) in [5.41, 5.74) is 6.33. The van der Waals surface area contributed by atoms with E-state index in [-0.39, 0.29) is 5.82 Å². The maximum absolute atomic E-state index is 13.7. The summed E-state index contributed by atoms with van der Waals surface area (Å²) in [6, 6.07) is 4.92. The molecule has 4 heteroatoms. The number of hydrogen-bond donors (Lipinski definition) is 1. The van der Waals surface area contributed by atoms with E-state index in [0.717, 1.165) is 31.6 Å². The summed E-state index contributed by atoms with van der Waals surface area (Å²) < 4.78 is 13.7. The number of hydrogen-bond acceptors (Lipinski definition) is 2. The molecule has 1 atom stereocenters. The van der Waals surface area contributed by atoms with Crippen LogP contribution in [0.25, 0.3) is 0 Å². The molecule has 0 aliphatic carbocycles. The molecule has 0 saturated carbocycles. The molecule has 100 valence electrons. The van der Waals surface area contributed by atoms with Gasteiger partial charge in [0.25, 0.3) is 0 Å². The van der Waals surface area contributed by atoms with E-state index in [1.807, 2.05) is 0 Å². The van der Waals surface area contributed by atoms with E-state index in [1.54, 1.807) is 12.1 Å². The van der Waals surface area contributed by atoms with Crippen LogP contribution in [0.1, 0.15) is 24.8 Å². The molecule has 1 aliphatic heterocycles. The second-order valence-corrected chi connectivity index (χ2v) is 5.49. The third kappa shape index (κ3) is 3.67. The van der Waals surface area contributed by atoms with Gasteiger partial charge in [-0.3, -0.25) is 4.90 Å². The van der Waals surface area contributed by atoms with Gasteiger partial charge in [0.2, 0.25) is 0 Å². The molecule has 1 heterocycles. The zero-order chi connectivity index (χ0) is 13.0. The minimum absolute atomic E-state index is 0.205. The molecule has 0 amide bonds. The van der Waals surface area contributed by atoms with Crippen LogP contribution in [0.5, 0.6) is 0 Å². The van der Waals surface area contributed by atoms with Crippen molar-refractivity contribution in [3.8, 4) is 0 Å². The van der Waals surface area contributed by atoms with E-state index < -0.39 is 0 Å². The van der Waals surface area contributed by atoms with Crippen molar-refractivity contribution in [3.63, 3.8) is 0 Å². The maximum atomic E-state index is 13.7. The fraction of sp³-hybridized carbons (Fsp3) is 0.571. The zero-order valence-electron chi connectivity index (χ0n) is 10.5. The van der Waals surface area contributed by atoms with Crippen LogP contribution >= 0.6 is 11.6 Å². The molecule has 2 N–H and O–H groups in total. The molecule has 2 rings (SSSR count). The van der Waals surface area contributed by atoms with E-state index >= 15 is 0 Å². The summed E-state index contributed by atoms with van der Waals surface area (Å²) in [7, 11) is 0. The van der Waals surface area contributed by atoms with Crippen LogP contribution in [0.3, 0.4) is 0 Å². The first kappa shape index (κ1) is 13.8. The van der Waals surface area contributed by atoms with Gasteiger partial charge in [-0.1, -0.05) is 17.7 Å². The summed E-state index contributed by atoms with van der Waals surface area (Å²) in [4.78, 5) is 2.32. The van der Waals surface area contributed by atoms with Crippen LogP contribution < -0.4 is 5.73 Å². The van der Waals surface area contributed by atoms with Crippen molar-refractivity contribution in [2.24, 2.45) is 11.7 Å². The molecular formula is C14H20ClFN2. The van der Waals surface area contributed by atoms with Gasteiger partial charge in [0.1, 0.15) is 5.82 Å². The topological polar surface area (TPSA) is 29.3 Å². The second kappa shape index (κ2) is 6.50. The highest BCUT2D eigenvalue weighted by atomic mass is 35.5. The first-order chi connectivity index (χ1) is 8.69. The quantitative estimate of drug-likeness (QED) is 0.911. The number of likely N-dealkylation sites (tertiary alicyclic amines) is 1. The van der Waals surface area contributed by atoms with Crippen LogP contribution in [0.4, 0.5) is 4.39 Å². The van der Waals surface area contributed by atoms with Gasteiger partial charge in [-0.05, 0) is 50.4 Å². The Morgan fingerprint density at radius 3 is 3.00 bits per heavy atom. The zero-order valence-corrected chi connectivity index (χ0v) is 11.3. The molecule has 2 nitrogen and oxygen atoms in total. The average Bonchev–Trinajstić information content (AvgIpc) is 2.34. The monoisotopic (exact) mass is 270 g/mol. The highest BCUT2D eigenvalue weighted by Gasteiger charge is 2.20. The van der Waals surface area contributed by atoms with E-state index in [1.165, 1.54) is 18.9 Å². The van der Waals surface area contributed by atoms with E-state index in [4.69, 9.17) is 17.3 Å². The van der Waals surface area contributed by atoms with Gasteiger partial charge in [0.05, 0.1) is 0 Å². The highest BCUT2D eigenvalue weighted by molar-refractivity contribution is 6.30. The summed E-state index contributed by atoms with van der Waals surface area (Å²) in [5.74, 6) is 0.461. The lowest BCUT2D eigenvalue weighted by Crippen LogP contribution is -2.35. The van der Waals surface area contributed by atoms with Gasteiger partial charge >= 0.3 is 0 Å². The van der Waals surface area contributed by atoms with Gasteiger partial charge < -0.3 is 5.73 Å². The Labute approximate surface area is 113 Å². The fourth-order valence-corrected chi connectivity index (χ4v) is 2.82. The van der Waals surface area contributed by atoms with Crippen molar-refractivity contribution in [1.29, 1.82) is 0 Å². The van der Waals surface area contributed by atoms with Gasteiger partial charge in [0, 0.05) is 23.7 Å². The predicted molar refractivity (Wildman–Crippen MR) is 73.1 cm³/mol. The molecule has 0 unspecified atom stereocenters. The standard InChI is InChI=1S/C14H20ClFN2/c15-13-4-3-12(14(16)8-13)10-18-7-1-2-11(9-18)5-6-17/h3-4,8,11H,1-2,5-7,9-10,17H2/t11-/m1/s1. The Bertz CT molecular complexity index is 395. The average molecular weight is 271 g/mol. The number of nitrogens with zero attached hydrogens (tertiary/aromatic N) is 1. The third-order valence-electron chi connectivity index (χ3n) is 3.59. The second-order valence-electron chi connectivity index (χ2n) is 5.06. The maximum Gasteiger partial charge on any atom is 0.129 e. The first-order valence-electron chi connectivity index (χ1n) is 6.55. The van der Waals surface area contributed by atoms with Gasteiger partial charge in [0.15, 0.2) is 0 Å². The molecular weight excluding hydrogens is 251 g/mol. The lowest BCUT2D eigenvalue weighted by atomic mass is 9.94. The van der Waals surface area contributed by atoms with E-state index in [2.05, 4.69) is 4.90 Å². The molecule has 18 heavy (non-hydrogen) atoms. The molecule has 1 saturated heterocycles. The van der Waals surface area contributed by atoms with Crippen molar-refractivity contribution >= 4 is 11.6 Å². The number of rotatable bonds is 4. The molecule has 0 aromatic heterocycles. The first-order valence-corrected chi connectivity index (χ1v) is 6.93. The number of piperidine rings is 1. The van der Waals surface area contributed by atoms with Crippen LogP contribution in [-0.4, -0.2) is 24.5 Å². The van der Waals surface area contributed by atoms with E-state index in [9.17, 15) is 4.39 Å². The van der Waals surface area contributed by atoms with E-state index in [0.29, 0.717) is 17.5 Å². The molecule has 1 aromatic carbocycles. The Kier molecular flexibility index (Phi) is 4.98. The summed E-state index contributed by atoms with van der Waals surface area (Å²) >= 11 is 5.76. The SMILES string of the molecule is NCC[C@H]1CCCN(Cc2ccc(Cl)cc2F)C1. The lowest BCUT2D eigenvalue weighted by molar-refractivity contribution is 0.161. The number of benzene rings is 1. The fourth-order valence-electron chi connectivity index (χ4n) is 2.66. The highest BCUT2D eigenvalue weighted by Crippen LogP contribution is 2.22. The van der Waals surface area contributed by atoms with Crippen LogP contribution in [0.15, 0.2) is 18.2 Å². The van der Waals surface area contributed by atoms with Crippen LogP contribution in [0, 0.1) is 11.7 Å². The van der Waals surface area contributed by atoms with Crippen molar-refractivity contribution in [2.45, 2.75) is 25.8 Å². The minimum Gasteiger partial charge on any atom is -0.330 e. The molecule has 0 bridgehead atoms. The predicted octanol–water partition coefficient (Wildman–Crippen LogP) is 3.04. The largest absolute Gasteiger partial charge is 0.330 e. The van der Waals surface area contributed by atoms with Crippen LogP contribution in [-0.2, 0) is 6.54 Å². The Balaban J connectivity index is 1.96. The lowest BCUT2D eigenvalue weighted by Gasteiger charge is -2.32. The number of nitrogens with two attached hydrogens (primary N) is 1. The number of halogens is 2. The van der Waals surface area contributed by atoms with Gasteiger partial charge in [-0.25, -0.2) is 4.39 Å². The Morgan fingerprint density at radius 2 is 2.28 bits per heavy atom. The summed E-state index contributed by atoms with van der Waals surface area (Å²) in [5, 5.41) is 0.455. The smallest absolute Gasteiger partial charge is 0.129 e. The molecule has 1 aromatic rings. The van der Waals surface area contributed by atoms with Crippen molar-refractivity contribution < 1.29 is 4.39 Å². The van der Waals surface area contributed by atoms with Crippen molar-refractivity contribution in [3.05, 3.63) is 34.6 Å².